The van der Waals surface area contributed by atoms with Gasteiger partial charge in [-0.2, -0.15) is 5.53 Å². The van der Waals surface area contributed by atoms with Gasteiger partial charge in [-0.25, -0.2) is 10.2 Å². The lowest BCUT2D eigenvalue weighted by Gasteiger charge is -2.38. The molecule has 0 bridgehead atoms. The molecule has 0 aromatic rings. The van der Waals surface area contributed by atoms with Crippen molar-refractivity contribution in [3.63, 3.8) is 0 Å². The van der Waals surface area contributed by atoms with Crippen molar-refractivity contribution < 1.29 is 19.2 Å². The Morgan fingerprint density at radius 2 is 1.60 bits per heavy atom. The van der Waals surface area contributed by atoms with Crippen molar-refractivity contribution in [2.24, 2.45) is 0 Å². The molecule has 1 aliphatic heterocycles. The lowest BCUT2D eigenvalue weighted by Crippen LogP contribution is -2.80. The summed E-state index contributed by atoms with van der Waals surface area (Å²) in [5, 5.41) is 2.18. The molecule has 0 unspecified atom stereocenters. The molecular weight excluding hydrogens is 204 g/mol. The number of Topliss-reactive ketones (excluding diaryl/α,β-unsaturated/α-hetero) is 3. The molecule has 1 saturated carbocycles. The Bertz CT molecular complexity index is 357. The highest BCUT2D eigenvalue weighted by Crippen LogP contribution is 2.17. The van der Waals surface area contributed by atoms with Gasteiger partial charge in [0.2, 0.25) is 5.66 Å². The van der Waals surface area contributed by atoms with Crippen LogP contribution in [0.4, 0.5) is 4.79 Å². The quantitative estimate of drug-likeness (QED) is 0.330. The molecule has 80 valence electrons. The van der Waals surface area contributed by atoms with Gasteiger partial charge in [0.15, 0.2) is 11.6 Å². The molecule has 2 fully saturated rings. The highest BCUT2D eigenvalue weighted by atomic mass is 16.2. The van der Waals surface area contributed by atoms with Crippen LogP contribution in [0.25, 0.3) is 0 Å². The number of rotatable bonds is 0. The zero-order chi connectivity index (χ0) is 11.1. The van der Waals surface area contributed by atoms with E-state index in [1.807, 2.05) is 0 Å². The van der Waals surface area contributed by atoms with Crippen LogP contribution in [-0.4, -0.2) is 29.0 Å². The third kappa shape index (κ3) is 1.39. The molecule has 8 nitrogen and oxygen atoms in total. The lowest BCUT2D eigenvalue weighted by molar-refractivity contribution is -0.146. The van der Waals surface area contributed by atoms with Gasteiger partial charge in [-0.05, 0) is 0 Å². The second-order valence-corrected chi connectivity index (χ2v) is 3.32. The van der Waals surface area contributed by atoms with Crippen LogP contribution < -0.4 is 21.7 Å². The van der Waals surface area contributed by atoms with Gasteiger partial charge in [0.25, 0.3) is 0 Å². The maximum Gasteiger partial charge on any atom is 0.332 e. The van der Waals surface area contributed by atoms with Crippen LogP contribution in [0.1, 0.15) is 12.8 Å². The predicted molar refractivity (Wildman–Crippen MR) is 44.9 cm³/mol. The number of carbonyl (C=O) groups excluding carboxylic acids is 4. The first-order valence-electron chi connectivity index (χ1n) is 4.23. The van der Waals surface area contributed by atoms with E-state index in [2.05, 4.69) is 21.7 Å². The largest absolute Gasteiger partial charge is 0.332 e. The van der Waals surface area contributed by atoms with E-state index in [-0.39, 0.29) is 12.8 Å². The normalized spacial score (nSPS) is 25.1. The highest BCUT2D eigenvalue weighted by molar-refractivity contribution is 6.26. The maximum absolute atomic E-state index is 11.6. The number of hydrazine groups is 2. The van der Waals surface area contributed by atoms with E-state index in [0.717, 1.165) is 0 Å². The summed E-state index contributed by atoms with van der Waals surface area (Å²) < 4.78 is 0. The van der Waals surface area contributed by atoms with E-state index in [9.17, 15) is 19.2 Å². The summed E-state index contributed by atoms with van der Waals surface area (Å²) in [5.74, 6) is -1.76. The Morgan fingerprint density at radius 3 is 2.13 bits per heavy atom. The molecule has 15 heavy (non-hydrogen) atoms. The van der Waals surface area contributed by atoms with Gasteiger partial charge in [-0.3, -0.25) is 19.8 Å². The summed E-state index contributed by atoms with van der Waals surface area (Å²) >= 11 is 0. The smallest absolute Gasteiger partial charge is 0.305 e. The lowest BCUT2D eigenvalue weighted by atomic mass is 9.86. The predicted octanol–water partition coefficient (Wildman–Crippen LogP) is -2.49. The van der Waals surface area contributed by atoms with Gasteiger partial charge in [0.05, 0.1) is 12.8 Å². The molecule has 0 aromatic carbocycles. The molecule has 8 heteroatoms. The second kappa shape index (κ2) is 3.11. The van der Waals surface area contributed by atoms with E-state index in [1.54, 1.807) is 0 Å². The summed E-state index contributed by atoms with van der Waals surface area (Å²) in [5.41, 5.74) is 4.86. The van der Waals surface area contributed by atoms with Crippen LogP contribution in [-0.2, 0) is 14.4 Å². The molecule has 1 spiro atoms. The molecule has 2 rings (SSSR count). The van der Waals surface area contributed by atoms with Crippen LogP contribution >= 0.6 is 0 Å². The van der Waals surface area contributed by atoms with Crippen molar-refractivity contribution in [3.05, 3.63) is 0 Å². The van der Waals surface area contributed by atoms with Gasteiger partial charge >= 0.3 is 6.03 Å². The summed E-state index contributed by atoms with van der Waals surface area (Å²) in [6, 6.07) is -0.704. The third-order valence-electron chi connectivity index (χ3n) is 2.28. The topological polar surface area (TPSA) is 116 Å². The molecule has 2 amide bonds. The van der Waals surface area contributed by atoms with Crippen molar-refractivity contribution >= 4 is 23.4 Å². The van der Waals surface area contributed by atoms with Gasteiger partial charge in [-0.1, -0.05) is 0 Å². The summed E-state index contributed by atoms with van der Waals surface area (Å²) in [4.78, 5) is 45.1. The molecule has 0 aromatic heterocycles. The first kappa shape index (κ1) is 9.74. The molecule has 1 aliphatic carbocycles. The van der Waals surface area contributed by atoms with Crippen molar-refractivity contribution in [1.29, 1.82) is 0 Å². The average molecular weight is 212 g/mol. The van der Waals surface area contributed by atoms with Crippen molar-refractivity contribution in [3.8, 4) is 0 Å². The van der Waals surface area contributed by atoms with Crippen LogP contribution in [0.3, 0.4) is 0 Å². The van der Waals surface area contributed by atoms with Gasteiger partial charge in [0, 0.05) is 0 Å². The fourth-order valence-corrected chi connectivity index (χ4v) is 1.53. The van der Waals surface area contributed by atoms with E-state index in [4.69, 9.17) is 0 Å². The van der Waals surface area contributed by atoms with Gasteiger partial charge < -0.3 is 5.32 Å². The Hall–Kier alpha value is -1.80. The monoisotopic (exact) mass is 212 g/mol. The first-order chi connectivity index (χ1) is 7.04. The molecule has 0 atom stereocenters. The van der Waals surface area contributed by atoms with E-state index in [0.29, 0.717) is 0 Å². The molecule has 0 radical (unpaired) electrons. The fraction of sp³-hybridized carbons (Fsp3) is 0.429. The van der Waals surface area contributed by atoms with E-state index in [1.165, 1.54) is 0 Å². The molecule has 2 aliphatic rings. The Morgan fingerprint density at radius 1 is 1.00 bits per heavy atom. The fourth-order valence-electron chi connectivity index (χ4n) is 1.53. The standard InChI is InChI=1S/C7H8N4O4/c12-3-1-4(13)7(5(14)2-3)8-6(15)9-11-10-7/h10-11H,1-2H2,(H2,8,9,15). The Kier molecular flexibility index (Phi) is 2.02. The third-order valence-corrected chi connectivity index (χ3v) is 2.28. The molecule has 4 N–H and O–H groups in total. The van der Waals surface area contributed by atoms with Crippen molar-refractivity contribution in [2.75, 3.05) is 0 Å². The minimum absolute atomic E-state index is 0.360. The minimum Gasteiger partial charge on any atom is -0.305 e. The molecular formula is C7H8N4O4. The zero-order valence-electron chi connectivity index (χ0n) is 7.55. The van der Waals surface area contributed by atoms with Crippen LogP contribution in [0, 0.1) is 0 Å². The van der Waals surface area contributed by atoms with E-state index < -0.39 is 29.0 Å². The number of nitrogens with one attached hydrogen (secondary N) is 4. The minimum atomic E-state index is -1.80. The highest BCUT2D eigenvalue weighted by Gasteiger charge is 2.52. The summed E-state index contributed by atoms with van der Waals surface area (Å²) in [7, 11) is 0. The molecule has 1 saturated heterocycles. The number of hydrogen-bond acceptors (Lipinski definition) is 6. The summed E-state index contributed by atoms with van der Waals surface area (Å²) in [6.07, 6.45) is -0.721. The zero-order valence-corrected chi connectivity index (χ0v) is 7.55. The van der Waals surface area contributed by atoms with E-state index >= 15 is 0 Å². The SMILES string of the molecule is O=C1CC(=O)C2(NNNC(=O)N2)C(=O)C1. The number of ketones is 3. The number of hydrogen-bond donors (Lipinski definition) is 4. The van der Waals surface area contributed by atoms with Gasteiger partial charge in [0.1, 0.15) is 5.78 Å². The number of urea groups is 1. The Balaban J connectivity index is 2.32. The second-order valence-electron chi connectivity index (χ2n) is 3.32. The van der Waals surface area contributed by atoms with Crippen molar-refractivity contribution in [1.82, 2.24) is 21.7 Å². The van der Waals surface area contributed by atoms with Crippen LogP contribution in [0.15, 0.2) is 0 Å². The number of amides is 2. The maximum atomic E-state index is 11.6. The van der Waals surface area contributed by atoms with Crippen molar-refractivity contribution in [2.45, 2.75) is 18.5 Å². The van der Waals surface area contributed by atoms with Crippen LogP contribution in [0.2, 0.25) is 0 Å². The first-order valence-corrected chi connectivity index (χ1v) is 4.23. The summed E-state index contributed by atoms with van der Waals surface area (Å²) in [6.45, 7) is 0. The average Bonchev–Trinajstić information content (AvgIpc) is 2.15. The molecule has 1 heterocycles. The number of carbonyl (C=O) groups is 4. The van der Waals surface area contributed by atoms with Gasteiger partial charge in [-0.15, -0.1) is 0 Å². The Labute approximate surface area is 83.7 Å². The van der Waals surface area contributed by atoms with Crippen LogP contribution in [0.5, 0.6) is 0 Å².